The Morgan fingerprint density at radius 2 is 0.615 bits per heavy atom. The van der Waals surface area contributed by atoms with Gasteiger partial charge in [-0.3, -0.25) is 0 Å². The molecule has 0 saturated carbocycles. The van der Waals surface area contributed by atoms with E-state index in [-0.39, 0.29) is 0 Å². The SMILES string of the molecule is CCCCCCCC[P+](Cl)(CCCCCCCC)CCCCCCCC. The van der Waals surface area contributed by atoms with Crippen molar-refractivity contribution in [2.45, 2.75) is 136 Å². The van der Waals surface area contributed by atoms with Crippen LogP contribution in [0.3, 0.4) is 0 Å². The molecule has 0 saturated heterocycles. The highest BCUT2D eigenvalue weighted by atomic mass is 35.7. The minimum atomic E-state index is -1.16. The Morgan fingerprint density at radius 1 is 0.385 bits per heavy atom. The Bertz CT molecular complexity index is 226. The van der Waals surface area contributed by atoms with Crippen LogP contribution in [-0.2, 0) is 0 Å². The average molecular weight is 406 g/mol. The molecular formula is C24H51ClP+. The van der Waals surface area contributed by atoms with E-state index in [4.69, 9.17) is 11.2 Å². The fourth-order valence-electron chi connectivity index (χ4n) is 3.86. The molecule has 0 radical (unpaired) electrons. The first kappa shape index (κ1) is 26.7. The van der Waals surface area contributed by atoms with Crippen LogP contribution in [0.25, 0.3) is 0 Å². The van der Waals surface area contributed by atoms with Crippen LogP contribution in [0.4, 0.5) is 0 Å². The van der Waals surface area contributed by atoms with Crippen molar-refractivity contribution >= 4 is 17.9 Å². The number of hydrogen-bond donors (Lipinski definition) is 0. The van der Waals surface area contributed by atoms with Gasteiger partial charge in [0.2, 0.25) is 0 Å². The van der Waals surface area contributed by atoms with Crippen LogP contribution in [0.15, 0.2) is 0 Å². The van der Waals surface area contributed by atoms with Crippen LogP contribution in [-0.4, -0.2) is 18.5 Å². The summed E-state index contributed by atoms with van der Waals surface area (Å²) in [6.45, 7) is 5.74. The van der Waals surface area contributed by atoms with Gasteiger partial charge in [0.15, 0.2) is 0 Å². The molecule has 0 unspecified atom stereocenters. The first-order chi connectivity index (χ1) is 12.7. The lowest BCUT2D eigenvalue weighted by atomic mass is 10.1. The second kappa shape index (κ2) is 20.5. The molecule has 0 aliphatic rings. The van der Waals surface area contributed by atoms with Crippen LogP contribution in [0, 0.1) is 0 Å². The third-order valence-corrected chi connectivity index (χ3v) is 10.6. The Hall–Kier alpha value is 0.720. The van der Waals surface area contributed by atoms with Gasteiger partial charge in [-0.2, -0.15) is 0 Å². The molecule has 0 N–H and O–H groups in total. The summed E-state index contributed by atoms with van der Waals surface area (Å²) in [6.07, 6.45) is 29.4. The van der Waals surface area contributed by atoms with Gasteiger partial charge >= 0.3 is 0 Å². The Kier molecular flexibility index (Phi) is 21.0. The summed E-state index contributed by atoms with van der Waals surface area (Å²) in [5, 5.41) is 0. The molecule has 0 aliphatic heterocycles. The molecule has 0 fully saturated rings. The zero-order valence-corrected chi connectivity index (χ0v) is 20.3. The number of unbranched alkanes of at least 4 members (excludes halogenated alkanes) is 15. The summed E-state index contributed by atoms with van der Waals surface area (Å²) < 4.78 is 0. The summed E-state index contributed by atoms with van der Waals surface area (Å²) in [4.78, 5) is 0. The molecule has 0 spiro atoms. The van der Waals surface area contributed by atoms with E-state index >= 15 is 0 Å². The van der Waals surface area contributed by atoms with Crippen LogP contribution in [0.1, 0.15) is 136 Å². The third-order valence-electron chi connectivity index (χ3n) is 5.74. The first-order valence-electron chi connectivity index (χ1n) is 12.2. The lowest BCUT2D eigenvalue weighted by Crippen LogP contribution is -2.04. The van der Waals surface area contributed by atoms with E-state index in [1.807, 2.05) is 0 Å². The minimum absolute atomic E-state index is 1.16. The highest BCUT2D eigenvalue weighted by molar-refractivity contribution is 7.99. The zero-order chi connectivity index (χ0) is 19.3. The summed E-state index contributed by atoms with van der Waals surface area (Å²) in [5.41, 5.74) is 0. The van der Waals surface area contributed by atoms with Crippen molar-refractivity contribution < 1.29 is 0 Å². The average Bonchev–Trinajstić information content (AvgIpc) is 2.64. The van der Waals surface area contributed by atoms with Gasteiger partial charge < -0.3 is 0 Å². The molecule has 0 aromatic heterocycles. The predicted octanol–water partition coefficient (Wildman–Crippen LogP) is 10.2. The van der Waals surface area contributed by atoms with Crippen molar-refractivity contribution in [2.24, 2.45) is 0 Å². The van der Waals surface area contributed by atoms with Crippen LogP contribution >= 0.6 is 17.9 Å². The van der Waals surface area contributed by atoms with E-state index in [1.165, 1.54) is 134 Å². The second-order valence-electron chi connectivity index (χ2n) is 8.50. The predicted molar refractivity (Wildman–Crippen MR) is 128 cm³/mol. The Balaban J connectivity index is 4.02. The normalized spacial score (nSPS) is 12.0. The molecule has 158 valence electrons. The van der Waals surface area contributed by atoms with Gasteiger partial charge in [0, 0.05) is 0 Å². The van der Waals surface area contributed by atoms with Crippen molar-refractivity contribution in [1.82, 2.24) is 0 Å². The number of halogens is 1. The molecule has 0 nitrogen and oxygen atoms in total. The maximum atomic E-state index is 7.27. The molecule has 0 bridgehead atoms. The standard InChI is InChI=1S/C24H51ClP/c1-4-7-10-13-16-19-22-26(25,23-20-17-14-11-8-5-2)24-21-18-15-12-9-6-3/h4-24H2,1-3H3/q+1. The smallest absolute Gasteiger partial charge is 0.0654 e. The topological polar surface area (TPSA) is 0 Å². The van der Waals surface area contributed by atoms with Crippen LogP contribution < -0.4 is 0 Å². The quantitative estimate of drug-likeness (QED) is 0.131. The Labute approximate surface area is 172 Å². The van der Waals surface area contributed by atoms with Crippen molar-refractivity contribution in [3.05, 3.63) is 0 Å². The molecule has 0 amide bonds. The molecule has 0 aliphatic carbocycles. The maximum Gasteiger partial charge on any atom is 0.113 e. The van der Waals surface area contributed by atoms with E-state index in [1.54, 1.807) is 0 Å². The lowest BCUT2D eigenvalue weighted by molar-refractivity contribution is 0.617. The van der Waals surface area contributed by atoms with E-state index in [2.05, 4.69) is 20.8 Å². The maximum absolute atomic E-state index is 7.27. The summed E-state index contributed by atoms with van der Waals surface area (Å²) in [6, 6.07) is 0. The highest BCUT2D eigenvalue weighted by Gasteiger charge is 2.34. The van der Waals surface area contributed by atoms with Gasteiger partial charge in [-0.05, 0) is 38.5 Å². The van der Waals surface area contributed by atoms with Crippen LogP contribution in [0.5, 0.6) is 0 Å². The van der Waals surface area contributed by atoms with E-state index in [0.717, 1.165) is 0 Å². The summed E-state index contributed by atoms with van der Waals surface area (Å²) >= 11 is 7.27. The van der Waals surface area contributed by atoms with Crippen molar-refractivity contribution in [3.8, 4) is 0 Å². The van der Waals surface area contributed by atoms with Gasteiger partial charge in [0.05, 0.1) is 29.7 Å². The molecule has 0 aromatic carbocycles. The number of rotatable bonds is 21. The second-order valence-corrected chi connectivity index (χ2v) is 14.1. The first-order valence-corrected chi connectivity index (χ1v) is 15.5. The highest BCUT2D eigenvalue weighted by Crippen LogP contribution is 2.65. The number of hydrogen-bond acceptors (Lipinski definition) is 0. The van der Waals surface area contributed by atoms with Gasteiger partial charge in [-0.15, -0.1) is 0 Å². The minimum Gasteiger partial charge on any atom is -0.0654 e. The molecule has 0 aromatic rings. The fraction of sp³-hybridized carbons (Fsp3) is 1.00. The van der Waals surface area contributed by atoms with Gasteiger partial charge in [0.1, 0.15) is 6.62 Å². The molecule has 2 heteroatoms. The molecule has 26 heavy (non-hydrogen) atoms. The fourth-order valence-corrected chi connectivity index (χ4v) is 7.98. The Morgan fingerprint density at radius 3 is 0.885 bits per heavy atom. The van der Waals surface area contributed by atoms with Crippen molar-refractivity contribution in [2.75, 3.05) is 18.5 Å². The molecular weight excluding hydrogens is 355 g/mol. The monoisotopic (exact) mass is 405 g/mol. The molecule has 0 rings (SSSR count). The van der Waals surface area contributed by atoms with E-state index < -0.39 is 6.62 Å². The molecule has 0 heterocycles. The lowest BCUT2D eigenvalue weighted by Gasteiger charge is -2.19. The van der Waals surface area contributed by atoms with E-state index in [0.29, 0.717) is 0 Å². The van der Waals surface area contributed by atoms with Gasteiger partial charge in [-0.25, -0.2) is 0 Å². The zero-order valence-electron chi connectivity index (χ0n) is 18.7. The van der Waals surface area contributed by atoms with Crippen LogP contribution in [0.2, 0.25) is 0 Å². The van der Waals surface area contributed by atoms with Gasteiger partial charge in [0.25, 0.3) is 0 Å². The summed E-state index contributed by atoms with van der Waals surface area (Å²) in [5.74, 6) is 0. The van der Waals surface area contributed by atoms with Gasteiger partial charge in [-0.1, -0.05) is 97.8 Å². The summed E-state index contributed by atoms with van der Waals surface area (Å²) in [7, 11) is 0. The molecule has 0 atom stereocenters. The van der Waals surface area contributed by atoms with Crippen molar-refractivity contribution in [1.29, 1.82) is 0 Å². The van der Waals surface area contributed by atoms with E-state index in [9.17, 15) is 0 Å². The third kappa shape index (κ3) is 18.1. The van der Waals surface area contributed by atoms with Crippen molar-refractivity contribution in [3.63, 3.8) is 0 Å². The largest absolute Gasteiger partial charge is 0.113 e.